The molecule has 0 aliphatic rings. The van der Waals surface area contributed by atoms with Crippen LogP contribution in [0, 0.1) is 5.82 Å². The van der Waals surface area contributed by atoms with Crippen LogP contribution in [0.25, 0.3) is 0 Å². The summed E-state index contributed by atoms with van der Waals surface area (Å²) in [4.78, 5) is 12.5. The van der Waals surface area contributed by atoms with Crippen molar-refractivity contribution in [2.75, 3.05) is 5.32 Å². The number of urea groups is 1. The number of nitrogens with zero attached hydrogens (tertiary/aromatic N) is 2. The summed E-state index contributed by atoms with van der Waals surface area (Å²) < 4.78 is 42.1. The Morgan fingerprint density at radius 3 is 2.21 bits per heavy atom. The molecule has 0 spiro atoms. The second-order valence-electron chi connectivity index (χ2n) is 7.55. The van der Waals surface area contributed by atoms with E-state index in [0.717, 1.165) is 0 Å². The molecule has 1 aromatic heterocycles. The van der Waals surface area contributed by atoms with Gasteiger partial charge in [0.15, 0.2) is 5.03 Å². The van der Waals surface area contributed by atoms with Gasteiger partial charge in [-0.1, -0.05) is 27.7 Å². The van der Waals surface area contributed by atoms with Crippen molar-refractivity contribution in [3.8, 4) is 0 Å². The predicted molar refractivity (Wildman–Crippen MR) is 108 cm³/mol. The third kappa shape index (κ3) is 5.77. The van der Waals surface area contributed by atoms with Crippen molar-refractivity contribution < 1.29 is 22.7 Å². The fraction of sp³-hybridized carbons (Fsp3) is 0.474. The van der Waals surface area contributed by atoms with Crippen molar-refractivity contribution in [2.24, 2.45) is 0 Å². The largest absolute Gasteiger partial charge is 0.391 e. The van der Waals surface area contributed by atoms with Crippen molar-refractivity contribution in [1.29, 1.82) is 0 Å². The molecule has 2 rings (SSSR count). The van der Waals surface area contributed by atoms with Crippen LogP contribution in [0.4, 0.5) is 14.9 Å². The van der Waals surface area contributed by atoms with Crippen LogP contribution in [0.5, 0.6) is 0 Å². The van der Waals surface area contributed by atoms with Crippen LogP contribution < -0.4 is 10.0 Å². The van der Waals surface area contributed by atoms with Gasteiger partial charge in [0.2, 0.25) is 0 Å². The van der Waals surface area contributed by atoms with E-state index in [1.165, 1.54) is 29.1 Å². The molecule has 0 unspecified atom stereocenters. The highest BCUT2D eigenvalue weighted by Crippen LogP contribution is 2.33. The zero-order valence-electron chi connectivity index (χ0n) is 17.1. The maximum Gasteiger partial charge on any atom is 0.333 e. The molecule has 0 aliphatic carbocycles. The number of hydrogen-bond acceptors (Lipinski definition) is 5. The Balaban J connectivity index is 2.27. The predicted octanol–water partition coefficient (Wildman–Crippen LogP) is 3.16. The minimum atomic E-state index is -4.22. The number of rotatable bonds is 7. The molecule has 0 saturated heterocycles. The molecule has 2 amide bonds. The fourth-order valence-corrected chi connectivity index (χ4v) is 3.73. The van der Waals surface area contributed by atoms with Gasteiger partial charge in [0.05, 0.1) is 12.6 Å². The topological polar surface area (TPSA) is 113 Å². The molecule has 8 nitrogen and oxygen atoms in total. The zero-order chi connectivity index (χ0) is 21.9. The number of halogens is 1. The van der Waals surface area contributed by atoms with E-state index in [0.29, 0.717) is 16.8 Å². The Morgan fingerprint density at radius 1 is 1.17 bits per heavy atom. The summed E-state index contributed by atoms with van der Waals surface area (Å²) in [6, 6.07) is 2.93. The number of sulfonamides is 1. The van der Waals surface area contributed by atoms with E-state index in [4.69, 9.17) is 0 Å². The smallest absolute Gasteiger partial charge is 0.333 e. The van der Waals surface area contributed by atoms with Crippen LogP contribution in [0.2, 0.25) is 0 Å². The molecule has 0 bridgehead atoms. The lowest BCUT2D eigenvalue weighted by molar-refractivity contribution is 0.168. The minimum absolute atomic E-state index is 0.0914. The molecule has 160 valence electrons. The molecule has 0 fully saturated rings. The molecule has 0 saturated carbocycles. The molecule has 3 N–H and O–H groups in total. The third-order valence-corrected chi connectivity index (χ3v) is 5.44. The number of anilines is 1. The first-order valence-electron chi connectivity index (χ1n) is 9.29. The average Bonchev–Trinajstić information content (AvgIpc) is 3.03. The first kappa shape index (κ1) is 22.8. The maximum absolute atomic E-state index is 14.0. The number of aliphatic hydroxyl groups excluding tert-OH is 1. The van der Waals surface area contributed by atoms with Gasteiger partial charge in [0.1, 0.15) is 5.82 Å². The van der Waals surface area contributed by atoms with Gasteiger partial charge in [0.25, 0.3) is 10.0 Å². The second kappa shape index (κ2) is 8.91. The number of carbonyl (C=O) groups is 1. The summed E-state index contributed by atoms with van der Waals surface area (Å²) >= 11 is 0. The minimum Gasteiger partial charge on any atom is -0.391 e. The summed E-state index contributed by atoms with van der Waals surface area (Å²) in [7, 11) is -4.22. The fourth-order valence-electron chi connectivity index (χ4n) is 2.88. The summed E-state index contributed by atoms with van der Waals surface area (Å²) in [5, 5.41) is 15.5. The van der Waals surface area contributed by atoms with Gasteiger partial charge in [-0.2, -0.15) is 13.5 Å². The van der Waals surface area contributed by atoms with Crippen LogP contribution in [0.3, 0.4) is 0 Å². The summed E-state index contributed by atoms with van der Waals surface area (Å²) in [5.41, 5.74) is 1.54. The summed E-state index contributed by atoms with van der Waals surface area (Å²) in [6.07, 6.45) is 0.691. The highest BCUT2D eigenvalue weighted by molar-refractivity contribution is 7.90. The van der Waals surface area contributed by atoms with Crippen LogP contribution in [-0.4, -0.2) is 35.4 Å². The van der Waals surface area contributed by atoms with E-state index in [1.807, 2.05) is 32.4 Å². The quantitative estimate of drug-likeness (QED) is 0.629. The molecule has 1 atom stereocenters. The first-order valence-corrected chi connectivity index (χ1v) is 10.8. The van der Waals surface area contributed by atoms with E-state index in [9.17, 15) is 22.7 Å². The van der Waals surface area contributed by atoms with Gasteiger partial charge in [-0.25, -0.2) is 13.9 Å². The molecule has 2 aromatic rings. The molecule has 0 aliphatic heterocycles. The van der Waals surface area contributed by atoms with Gasteiger partial charge in [-0.3, -0.25) is 4.68 Å². The lowest BCUT2D eigenvalue weighted by Gasteiger charge is -2.20. The Bertz CT molecular complexity index is 955. The lowest BCUT2D eigenvalue weighted by Crippen LogP contribution is -2.35. The lowest BCUT2D eigenvalue weighted by atomic mass is 9.92. The third-order valence-electron chi connectivity index (χ3n) is 4.22. The summed E-state index contributed by atoms with van der Waals surface area (Å²) in [5.74, 6) is -0.600. The Labute approximate surface area is 170 Å². The molecule has 0 radical (unpaired) electrons. The maximum atomic E-state index is 14.0. The van der Waals surface area contributed by atoms with Crippen LogP contribution >= 0.6 is 0 Å². The Kier molecular flexibility index (Phi) is 7.02. The average molecular weight is 427 g/mol. The SMILES string of the molecule is CC(C)c1cc(F)cc(C(C)C)c1NC(=O)NS(=O)(=O)c1ccn(C[C@@H](C)O)n1. The Morgan fingerprint density at radius 2 is 1.72 bits per heavy atom. The molecular weight excluding hydrogens is 399 g/mol. The van der Waals surface area contributed by atoms with Crippen molar-refractivity contribution in [3.05, 3.63) is 41.3 Å². The number of benzene rings is 1. The Hall–Kier alpha value is -2.46. The number of hydrogen-bond donors (Lipinski definition) is 3. The van der Waals surface area contributed by atoms with Crippen molar-refractivity contribution >= 4 is 21.7 Å². The molecule has 29 heavy (non-hydrogen) atoms. The van der Waals surface area contributed by atoms with Gasteiger partial charge in [0, 0.05) is 11.9 Å². The second-order valence-corrected chi connectivity index (χ2v) is 9.18. The normalized spacial score (nSPS) is 13.0. The van der Waals surface area contributed by atoms with E-state index in [2.05, 4.69) is 10.4 Å². The standard InChI is InChI=1S/C19H27FN4O4S/c1-11(2)15-8-14(20)9-16(12(3)4)18(15)21-19(26)23-29(27,28)17-6-7-24(22-17)10-13(5)25/h6-9,11-13,25H,10H2,1-5H3,(H2,21,23,26)/t13-/m1/s1. The highest BCUT2D eigenvalue weighted by atomic mass is 32.2. The van der Waals surface area contributed by atoms with Crippen LogP contribution in [0.1, 0.15) is 57.6 Å². The van der Waals surface area contributed by atoms with Gasteiger partial charge in [-0.05, 0) is 48.1 Å². The van der Waals surface area contributed by atoms with E-state index in [1.54, 1.807) is 6.92 Å². The van der Waals surface area contributed by atoms with Crippen LogP contribution in [-0.2, 0) is 16.6 Å². The van der Waals surface area contributed by atoms with Gasteiger partial charge < -0.3 is 10.4 Å². The van der Waals surface area contributed by atoms with Gasteiger partial charge in [-0.15, -0.1) is 0 Å². The number of carbonyl (C=O) groups excluding carboxylic acids is 1. The number of aliphatic hydroxyl groups is 1. The van der Waals surface area contributed by atoms with Crippen molar-refractivity contribution in [3.63, 3.8) is 0 Å². The summed E-state index contributed by atoms with van der Waals surface area (Å²) in [6.45, 7) is 9.08. The van der Waals surface area contributed by atoms with Crippen molar-refractivity contribution in [2.45, 2.75) is 64.1 Å². The monoisotopic (exact) mass is 426 g/mol. The zero-order valence-corrected chi connectivity index (χ0v) is 17.9. The number of nitrogens with one attached hydrogen (secondary N) is 2. The van der Waals surface area contributed by atoms with E-state index < -0.39 is 28.0 Å². The van der Waals surface area contributed by atoms with E-state index in [-0.39, 0.29) is 23.4 Å². The van der Waals surface area contributed by atoms with Gasteiger partial charge >= 0.3 is 6.03 Å². The van der Waals surface area contributed by atoms with Crippen LogP contribution in [0.15, 0.2) is 29.4 Å². The number of amides is 2. The number of aromatic nitrogens is 2. The van der Waals surface area contributed by atoms with Crippen molar-refractivity contribution in [1.82, 2.24) is 14.5 Å². The molecule has 1 heterocycles. The highest BCUT2D eigenvalue weighted by Gasteiger charge is 2.23. The molecular formula is C19H27FN4O4S. The molecule has 10 heteroatoms. The molecule has 1 aromatic carbocycles. The van der Waals surface area contributed by atoms with E-state index >= 15 is 0 Å². The first-order chi connectivity index (χ1) is 13.4.